The fourth-order valence-electron chi connectivity index (χ4n) is 4.56. The average Bonchev–Trinajstić information content (AvgIpc) is 2.88. The monoisotopic (exact) mass is 568 g/mol. The highest BCUT2D eigenvalue weighted by Gasteiger charge is 2.28. The molecule has 0 aliphatic rings. The van der Waals surface area contributed by atoms with E-state index in [2.05, 4.69) is 5.32 Å². The molecule has 7 nitrogen and oxygen atoms in total. The molecule has 0 heterocycles. The molecule has 0 saturated heterocycles. The van der Waals surface area contributed by atoms with Gasteiger partial charge < -0.3 is 20.5 Å². The summed E-state index contributed by atoms with van der Waals surface area (Å²) in [5.74, 6) is -2.46. The molecule has 0 bridgehead atoms. The van der Waals surface area contributed by atoms with E-state index in [0.717, 1.165) is 24.5 Å². The van der Waals surface area contributed by atoms with Crippen LogP contribution in [0.1, 0.15) is 63.1 Å². The van der Waals surface area contributed by atoms with Gasteiger partial charge in [-0.15, -0.1) is 0 Å². The van der Waals surface area contributed by atoms with Crippen molar-refractivity contribution in [3.63, 3.8) is 0 Å². The summed E-state index contributed by atoms with van der Waals surface area (Å²) in [5, 5.41) is 2.82. The molecule has 0 saturated carbocycles. The summed E-state index contributed by atoms with van der Waals surface area (Å²) in [6.07, 6.45) is 1.42. The first-order valence-corrected chi connectivity index (χ1v) is 15.2. The topological polar surface area (TPSA) is 108 Å². The first-order valence-electron chi connectivity index (χ1n) is 13.5. The largest absolute Gasteiger partial charge is 0.459 e. The molecule has 218 valence electrons. The summed E-state index contributed by atoms with van der Waals surface area (Å²) in [5.41, 5.74) is 7.67. The van der Waals surface area contributed by atoms with Gasteiger partial charge in [0.25, 0.3) is 0 Å². The highest BCUT2D eigenvalue weighted by molar-refractivity contribution is 7.92. The quantitative estimate of drug-likeness (QED) is 0.255. The van der Waals surface area contributed by atoms with Gasteiger partial charge in [0.1, 0.15) is 17.7 Å². The number of benzene rings is 2. The Balaban J connectivity index is 2.16. The Hall–Kier alpha value is -2.40. The van der Waals surface area contributed by atoms with Crippen molar-refractivity contribution in [2.45, 2.75) is 75.8 Å². The predicted molar refractivity (Wildman–Crippen MR) is 149 cm³/mol. The third-order valence-electron chi connectivity index (χ3n) is 6.57. The average molecular weight is 569 g/mol. The molecule has 2 rings (SSSR count). The van der Waals surface area contributed by atoms with Crippen molar-refractivity contribution < 1.29 is 31.5 Å². The zero-order valence-electron chi connectivity index (χ0n) is 23.1. The summed E-state index contributed by atoms with van der Waals surface area (Å²) in [6.45, 7) is 4.32. The van der Waals surface area contributed by atoms with Gasteiger partial charge in [0.05, 0.1) is 30.1 Å². The normalized spacial score (nSPS) is 14.2. The lowest BCUT2D eigenvalue weighted by molar-refractivity contribution is -0.149. The molecule has 0 aliphatic carbocycles. The number of nitrogens with one attached hydrogen (secondary N) is 1. The van der Waals surface area contributed by atoms with Crippen molar-refractivity contribution in [3.8, 4) is 0 Å². The van der Waals surface area contributed by atoms with Crippen LogP contribution in [0.25, 0.3) is 0 Å². The van der Waals surface area contributed by atoms with Gasteiger partial charge in [0.2, 0.25) is 0 Å². The van der Waals surface area contributed by atoms with Crippen LogP contribution in [0.3, 0.4) is 0 Å². The number of halogens is 2. The van der Waals surface area contributed by atoms with E-state index < -0.39 is 44.8 Å². The second-order valence-corrected chi connectivity index (χ2v) is 12.2. The van der Waals surface area contributed by atoms with Crippen molar-refractivity contribution in [1.82, 2.24) is 5.32 Å². The lowest BCUT2D eigenvalue weighted by Gasteiger charge is -2.27. The van der Waals surface area contributed by atoms with Gasteiger partial charge in [-0.05, 0) is 42.5 Å². The van der Waals surface area contributed by atoms with Gasteiger partial charge in [-0.1, -0.05) is 57.0 Å². The van der Waals surface area contributed by atoms with Gasteiger partial charge in [0, 0.05) is 25.8 Å². The van der Waals surface area contributed by atoms with Gasteiger partial charge in [-0.2, -0.15) is 0 Å². The Morgan fingerprint density at radius 2 is 1.64 bits per heavy atom. The summed E-state index contributed by atoms with van der Waals surface area (Å²) in [6, 6.07) is 11.6. The molecule has 1 unspecified atom stereocenters. The van der Waals surface area contributed by atoms with E-state index >= 15 is 0 Å². The molecule has 0 amide bonds. The molecular weight excluding hydrogens is 526 g/mol. The second kappa shape index (κ2) is 16.6. The van der Waals surface area contributed by atoms with Crippen molar-refractivity contribution >= 4 is 15.8 Å². The number of ether oxygens (including phenoxy) is 2. The van der Waals surface area contributed by atoms with E-state index in [1.807, 2.05) is 44.2 Å². The first kappa shape index (κ1) is 32.8. The lowest BCUT2D eigenvalue weighted by Crippen LogP contribution is -2.47. The molecule has 0 radical (unpaired) electrons. The number of esters is 1. The summed E-state index contributed by atoms with van der Waals surface area (Å²) < 4.78 is 64.2. The number of hydrogen-bond acceptors (Lipinski definition) is 7. The van der Waals surface area contributed by atoms with Crippen LogP contribution in [0.4, 0.5) is 8.78 Å². The molecule has 10 heteroatoms. The zero-order valence-corrected chi connectivity index (χ0v) is 23.9. The van der Waals surface area contributed by atoms with E-state index in [1.54, 1.807) is 7.11 Å². The van der Waals surface area contributed by atoms with Crippen molar-refractivity contribution in [2.24, 2.45) is 5.73 Å². The molecule has 0 aliphatic heterocycles. The number of methoxy groups -OCH3 is 1. The number of hydrogen-bond donors (Lipinski definition) is 2. The second-order valence-electron chi connectivity index (χ2n) is 9.82. The minimum atomic E-state index is -3.47. The number of carbonyl (C=O) groups excluding carboxylic acids is 1. The van der Waals surface area contributed by atoms with Gasteiger partial charge in [-0.25, -0.2) is 17.2 Å². The molecule has 39 heavy (non-hydrogen) atoms. The lowest BCUT2D eigenvalue weighted by atomic mass is 10.0. The van der Waals surface area contributed by atoms with Gasteiger partial charge >= 0.3 is 5.97 Å². The fourth-order valence-corrected chi connectivity index (χ4v) is 6.54. The Kier molecular flexibility index (Phi) is 14.0. The number of carbonyl (C=O) groups is 1. The van der Waals surface area contributed by atoms with Crippen LogP contribution in [0.2, 0.25) is 0 Å². The minimum Gasteiger partial charge on any atom is -0.459 e. The van der Waals surface area contributed by atoms with Crippen molar-refractivity contribution in [1.29, 1.82) is 0 Å². The number of nitrogens with two attached hydrogens (primary N) is 1. The SMILES string of the molecule is CCCC(CCC)S(=O)(=O)CCC(=O)O[C@H](CNC(COC)c1ccccc1)[C@@H](N)Cc1cc(F)cc(F)c1. The molecule has 3 atom stereocenters. The summed E-state index contributed by atoms with van der Waals surface area (Å²) >= 11 is 0. The first-order chi connectivity index (χ1) is 18.6. The maximum absolute atomic E-state index is 13.8. The molecule has 2 aromatic rings. The Bertz CT molecular complexity index is 1090. The van der Waals surface area contributed by atoms with E-state index in [4.69, 9.17) is 15.2 Å². The highest BCUT2D eigenvalue weighted by Crippen LogP contribution is 2.18. The van der Waals surface area contributed by atoms with Crippen LogP contribution in [-0.2, 0) is 30.5 Å². The van der Waals surface area contributed by atoms with Gasteiger partial charge in [-0.3, -0.25) is 4.79 Å². The maximum atomic E-state index is 13.8. The van der Waals surface area contributed by atoms with E-state index in [1.165, 1.54) is 12.1 Å². The van der Waals surface area contributed by atoms with Crippen LogP contribution >= 0.6 is 0 Å². The molecule has 2 aromatic carbocycles. The van der Waals surface area contributed by atoms with Crippen LogP contribution < -0.4 is 11.1 Å². The number of sulfone groups is 1. The zero-order chi connectivity index (χ0) is 28.8. The summed E-state index contributed by atoms with van der Waals surface area (Å²) in [7, 11) is -1.90. The van der Waals surface area contributed by atoms with E-state index in [-0.39, 0.29) is 31.2 Å². The van der Waals surface area contributed by atoms with Crippen LogP contribution in [0.15, 0.2) is 48.5 Å². The standard InChI is InChI=1S/C29H42F2N2O5S/c1-4-9-25(10-5-2)39(35,36)14-13-29(34)38-28(26(32)17-21-15-23(30)18-24(31)16-21)19-33-27(20-37-3)22-11-7-6-8-12-22/h6-8,11-12,15-16,18,25-28,33H,4-5,9-10,13-14,17,19-20,32H2,1-3H3/t26-,27?,28+/m0/s1. The van der Waals surface area contributed by atoms with Crippen molar-refractivity contribution in [3.05, 3.63) is 71.3 Å². The third-order valence-corrected chi connectivity index (χ3v) is 8.83. The van der Waals surface area contributed by atoms with Crippen LogP contribution in [0, 0.1) is 11.6 Å². The van der Waals surface area contributed by atoms with Crippen molar-refractivity contribution in [2.75, 3.05) is 26.0 Å². The molecular formula is C29H42F2N2O5S. The third kappa shape index (κ3) is 11.3. The smallest absolute Gasteiger partial charge is 0.307 e. The summed E-state index contributed by atoms with van der Waals surface area (Å²) in [4.78, 5) is 12.8. The maximum Gasteiger partial charge on any atom is 0.307 e. The Morgan fingerprint density at radius 1 is 1.03 bits per heavy atom. The fraction of sp³-hybridized carbons (Fsp3) is 0.552. The molecule has 0 spiro atoms. The van der Waals surface area contributed by atoms with E-state index in [0.29, 0.717) is 25.0 Å². The molecule has 3 N–H and O–H groups in total. The van der Waals surface area contributed by atoms with E-state index in [9.17, 15) is 22.0 Å². The van der Waals surface area contributed by atoms with Crippen LogP contribution in [-0.4, -0.2) is 57.8 Å². The predicted octanol–water partition coefficient (Wildman–Crippen LogP) is 4.50. The minimum absolute atomic E-state index is 0.0436. The Labute approximate surface area is 231 Å². The molecule has 0 fully saturated rings. The molecule has 0 aromatic heterocycles. The Morgan fingerprint density at radius 3 is 2.21 bits per heavy atom. The highest BCUT2D eigenvalue weighted by atomic mass is 32.2. The number of rotatable bonds is 18. The van der Waals surface area contributed by atoms with Crippen LogP contribution in [0.5, 0.6) is 0 Å². The van der Waals surface area contributed by atoms with Gasteiger partial charge in [0.15, 0.2) is 9.84 Å².